The molecule has 2 saturated heterocycles. The maximum Gasteiger partial charge on any atom is 0.225 e. The zero-order valence-corrected chi connectivity index (χ0v) is 16.3. The van der Waals surface area contributed by atoms with Crippen molar-refractivity contribution in [3.05, 3.63) is 34.9 Å². The molecule has 0 radical (unpaired) electrons. The second-order valence-corrected chi connectivity index (χ2v) is 7.89. The lowest BCUT2D eigenvalue weighted by Crippen LogP contribution is -2.40. The molecule has 2 atom stereocenters. The fraction of sp³-hybridized carbons (Fsp3) is 0.650. The van der Waals surface area contributed by atoms with Crippen molar-refractivity contribution in [2.45, 2.75) is 58.3 Å². The van der Waals surface area contributed by atoms with E-state index in [0.717, 1.165) is 57.5 Å². The van der Waals surface area contributed by atoms with Gasteiger partial charge in [0.05, 0.1) is 24.6 Å². The first-order chi connectivity index (χ1) is 13.2. The van der Waals surface area contributed by atoms with Crippen LogP contribution in [0.5, 0.6) is 0 Å². The minimum absolute atomic E-state index is 0.446. The minimum atomic E-state index is 0.446. The highest BCUT2D eigenvalue weighted by molar-refractivity contribution is 5.37. The number of aromatic nitrogens is 4. The zero-order chi connectivity index (χ0) is 18.4. The van der Waals surface area contributed by atoms with Crippen LogP contribution in [0.25, 0.3) is 0 Å². The van der Waals surface area contributed by atoms with Gasteiger partial charge in [0.25, 0.3) is 0 Å². The van der Waals surface area contributed by atoms with Crippen molar-refractivity contribution < 1.29 is 4.74 Å². The first kappa shape index (κ1) is 17.1. The molecule has 2 aromatic heterocycles. The molecule has 0 amide bonds. The van der Waals surface area contributed by atoms with E-state index in [1.807, 2.05) is 4.68 Å². The third-order valence-corrected chi connectivity index (χ3v) is 6.34. The van der Waals surface area contributed by atoms with Crippen LogP contribution in [0.1, 0.15) is 48.3 Å². The van der Waals surface area contributed by atoms with Gasteiger partial charge in [-0.1, -0.05) is 0 Å². The van der Waals surface area contributed by atoms with E-state index in [2.05, 4.69) is 41.1 Å². The normalized spacial score (nSPS) is 25.0. The average Bonchev–Trinajstić information content (AvgIpc) is 3.20. The number of nitrogens with zero attached hydrogens (tertiary/aromatic N) is 6. The van der Waals surface area contributed by atoms with Crippen LogP contribution in [0.15, 0.2) is 12.4 Å². The second-order valence-electron chi connectivity index (χ2n) is 7.89. The highest BCUT2D eigenvalue weighted by Crippen LogP contribution is 2.44. The number of ether oxygens (including phenoxy) is 1. The van der Waals surface area contributed by atoms with Gasteiger partial charge < -0.3 is 9.64 Å². The first-order valence-electron chi connectivity index (χ1n) is 10.2. The molecule has 0 spiro atoms. The van der Waals surface area contributed by atoms with Gasteiger partial charge in [0.1, 0.15) is 0 Å². The predicted molar refractivity (Wildman–Crippen MR) is 103 cm³/mol. The van der Waals surface area contributed by atoms with Crippen LogP contribution in [-0.4, -0.2) is 57.0 Å². The highest BCUT2D eigenvalue weighted by atomic mass is 16.5. The molecule has 7 heteroatoms. The number of hydrogen-bond acceptors (Lipinski definition) is 6. The average molecular weight is 368 g/mol. The molecule has 144 valence electrons. The largest absolute Gasteiger partial charge is 0.378 e. The Bertz CT molecular complexity index is 828. The van der Waals surface area contributed by atoms with Crippen LogP contribution in [-0.2, 0) is 24.2 Å². The zero-order valence-electron chi connectivity index (χ0n) is 16.3. The Balaban J connectivity index is 1.39. The number of hydrogen-bond donors (Lipinski definition) is 0. The summed E-state index contributed by atoms with van der Waals surface area (Å²) in [6.07, 6.45) is 7.79. The molecule has 0 saturated carbocycles. The lowest BCUT2D eigenvalue weighted by molar-refractivity contribution is 0.122. The lowest BCUT2D eigenvalue weighted by Gasteiger charge is -2.36. The third kappa shape index (κ3) is 3.02. The summed E-state index contributed by atoms with van der Waals surface area (Å²) in [5.74, 6) is 0.880. The smallest absolute Gasteiger partial charge is 0.225 e. The number of anilines is 1. The van der Waals surface area contributed by atoms with Crippen LogP contribution in [0.4, 0.5) is 5.95 Å². The van der Waals surface area contributed by atoms with Gasteiger partial charge in [0, 0.05) is 68.2 Å². The van der Waals surface area contributed by atoms with Gasteiger partial charge in [-0.3, -0.25) is 9.58 Å². The Morgan fingerprint density at radius 1 is 1.22 bits per heavy atom. The predicted octanol–water partition coefficient (Wildman–Crippen LogP) is 2.10. The van der Waals surface area contributed by atoms with Crippen LogP contribution < -0.4 is 4.90 Å². The molecule has 5 heterocycles. The fourth-order valence-electron chi connectivity index (χ4n) is 4.80. The highest BCUT2D eigenvalue weighted by Gasteiger charge is 2.41. The summed E-state index contributed by atoms with van der Waals surface area (Å²) in [4.78, 5) is 14.6. The monoisotopic (exact) mass is 368 g/mol. The fourth-order valence-corrected chi connectivity index (χ4v) is 4.80. The van der Waals surface area contributed by atoms with E-state index in [4.69, 9.17) is 14.7 Å². The van der Waals surface area contributed by atoms with Crippen LogP contribution in [0.2, 0.25) is 0 Å². The topological polar surface area (TPSA) is 59.3 Å². The van der Waals surface area contributed by atoms with Crippen LogP contribution >= 0.6 is 0 Å². The van der Waals surface area contributed by atoms with E-state index in [-0.39, 0.29) is 0 Å². The van der Waals surface area contributed by atoms with Crippen molar-refractivity contribution in [1.82, 2.24) is 24.6 Å². The van der Waals surface area contributed by atoms with Gasteiger partial charge in [0.2, 0.25) is 5.95 Å². The Kier molecular flexibility index (Phi) is 4.36. The molecular weight excluding hydrogens is 340 g/mol. The Morgan fingerprint density at radius 3 is 2.85 bits per heavy atom. The first-order valence-corrected chi connectivity index (χ1v) is 10.2. The van der Waals surface area contributed by atoms with Gasteiger partial charge in [-0.15, -0.1) is 0 Å². The van der Waals surface area contributed by atoms with Crippen LogP contribution in [0.3, 0.4) is 0 Å². The SMILES string of the molecule is CCn1cc(CN2[C@H]3CC[C@H]2c2cnc(N4CCOCC4)nc2C3)c(C)n1. The Morgan fingerprint density at radius 2 is 2.07 bits per heavy atom. The quantitative estimate of drug-likeness (QED) is 0.824. The summed E-state index contributed by atoms with van der Waals surface area (Å²) < 4.78 is 7.50. The second kappa shape index (κ2) is 6.87. The van der Waals surface area contributed by atoms with Gasteiger partial charge in [-0.05, 0) is 26.7 Å². The van der Waals surface area contributed by atoms with E-state index < -0.39 is 0 Å². The summed E-state index contributed by atoms with van der Waals surface area (Å²) in [6.45, 7) is 9.48. The summed E-state index contributed by atoms with van der Waals surface area (Å²) in [5.41, 5.74) is 5.10. The Labute approximate surface area is 160 Å². The standard InChI is InChI=1S/C20H28N6O/c1-3-25-12-15(14(2)23-25)13-26-16-4-5-19(26)17-11-21-20(22-18(17)10-16)24-6-8-27-9-7-24/h11-12,16,19H,3-10,13H2,1-2H3/t16-,19-/m0/s1. The molecule has 2 aromatic rings. The molecule has 3 aliphatic heterocycles. The van der Waals surface area contributed by atoms with Gasteiger partial charge in [-0.25, -0.2) is 9.97 Å². The van der Waals surface area contributed by atoms with Gasteiger partial charge >= 0.3 is 0 Å². The van der Waals surface area contributed by atoms with E-state index in [9.17, 15) is 0 Å². The maximum atomic E-state index is 5.46. The van der Waals surface area contributed by atoms with E-state index in [1.54, 1.807) is 0 Å². The van der Waals surface area contributed by atoms with E-state index in [1.165, 1.54) is 29.7 Å². The van der Waals surface area contributed by atoms with Crippen molar-refractivity contribution in [2.75, 3.05) is 31.2 Å². The van der Waals surface area contributed by atoms with E-state index in [0.29, 0.717) is 12.1 Å². The van der Waals surface area contributed by atoms with Crippen LogP contribution in [0, 0.1) is 6.92 Å². The minimum Gasteiger partial charge on any atom is -0.378 e. The number of morpholine rings is 1. The van der Waals surface area contributed by atoms with Gasteiger partial charge in [-0.2, -0.15) is 5.10 Å². The molecule has 3 aliphatic rings. The summed E-state index contributed by atoms with van der Waals surface area (Å²) in [7, 11) is 0. The third-order valence-electron chi connectivity index (χ3n) is 6.34. The molecule has 27 heavy (non-hydrogen) atoms. The lowest BCUT2D eigenvalue weighted by atomic mass is 9.98. The number of rotatable bonds is 4. The van der Waals surface area contributed by atoms with Crippen molar-refractivity contribution in [1.29, 1.82) is 0 Å². The Hall–Kier alpha value is -1.99. The number of fused-ring (bicyclic) bond motifs is 4. The van der Waals surface area contributed by atoms with E-state index >= 15 is 0 Å². The molecule has 2 bridgehead atoms. The van der Waals surface area contributed by atoms with Gasteiger partial charge in [0.15, 0.2) is 0 Å². The number of aryl methyl sites for hydroxylation is 2. The molecule has 7 nitrogen and oxygen atoms in total. The molecular formula is C20H28N6O. The maximum absolute atomic E-state index is 5.46. The van der Waals surface area contributed by atoms with Crippen molar-refractivity contribution in [2.24, 2.45) is 0 Å². The van der Waals surface area contributed by atoms with Crippen molar-refractivity contribution in [3.63, 3.8) is 0 Å². The van der Waals surface area contributed by atoms with Crippen molar-refractivity contribution >= 4 is 5.95 Å². The summed E-state index contributed by atoms with van der Waals surface area (Å²) in [6, 6.07) is 1.03. The molecule has 5 rings (SSSR count). The molecule has 2 fully saturated rings. The van der Waals surface area contributed by atoms with Crippen molar-refractivity contribution in [3.8, 4) is 0 Å². The molecule has 0 aromatic carbocycles. The molecule has 0 N–H and O–H groups in total. The summed E-state index contributed by atoms with van der Waals surface area (Å²) >= 11 is 0. The summed E-state index contributed by atoms with van der Waals surface area (Å²) in [5, 5.41) is 4.62. The molecule has 0 aliphatic carbocycles. The molecule has 0 unspecified atom stereocenters.